The van der Waals surface area contributed by atoms with Gasteiger partial charge in [-0.2, -0.15) is 19.1 Å². The van der Waals surface area contributed by atoms with Crippen LogP contribution < -0.4 is 15.0 Å². The molecular formula is C17H15F2N3O3. The number of aromatic amines is 1. The predicted molar refractivity (Wildman–Crippen MR) is 87.5 cm³/mol. The van der Waals surface area contributed by atoms with E-state index in [9.17, 15) is 13.6 Å². The number of benzene rings is 1. The van der Waals surface area contributed by atoms with Crippen LogP contribution in [0.2, 0.25) is 0 Å². The van der Waals surface area contributed by atoms with Crippen molar-refractivity contribution in [1.29, 1.82) is 5.26 Å². The lowest BCUT2D eigenvalue weighted by Crippen LogP contribution is -2.15. The first kappa shape index (κ1) is 18.1. The molecule has 1 aromatic heterocycles. The number of para-hydroxylation sites is 1. The second kappa shape index (κ2) is 8.06. The van der Waals surface area contributed by atoms with E-state index in [1.807, 2.05) is 0 Å². The Balaban J connectivity index is 2.47. The average Bonchev–Trinajstić information content (AvgIpc) is 2.57. The Bertz CT molecular complexity index is 886. The summed E-state index contributed by atoms with van der Waals surface area (Å²) in [4.78, 5) is 11.5. The van der Waals surface area contributed by atoms with Crippen molar-refractivity contribution < 1.29 is 18.3 Å². The summed E-state index contributed by atoms with van der Waals surface area (Å²) < 4.78 is 35.3. The molecule has 0 aliphatic rings. The molecule has 2 aromatic rings. The fourth-order valence-electron chi connectivity index (χ4n) is 2.16. The summed E-state index contributed by atoms with van der Waals surface area (Å²) in [5, 5.41) is 15.1. The molecule has 25 heavy (non-hydrogen) atoms. The maximum Gasteiger partial charge on any atom is 0.387 e. The first-order valence-electron chi connectivity index (χ1n) is 7.36. The van der Waals surface area contributed by atoms with Gasteiger partial charge in [-0.3, -0.25) is 4.79 Å². The number of nitrogens with zero attached hydrogens (tertiary/aromatic N) is 2. The molecule has 8 heteroatoms. The topological polar surface area (TPSA) is 88.0 Å². The maximum absolute atomic E-state index is 12.7. The molecule has 1 heterocycles. The number of hydrogen-bond donors (Lipinski definition) is 1. The molecule has 1 N–H and O–H groups in total. The molecule has 130 valence electrons. The Hall–Kier alpha value is -3.21. The van der Waals surface area contributed by atoms with E-state index in [0.717, 1.165) is 0 Å². The summed E-state index contributed by atoms with van der Waals surface area (Å²) >= 11 is 0. The monoisotopic (exact) mass is 347 g/mol. The van der Waals surface area contributed by atoms with Gasteiger partial charge in [-0.15, -0.1) is 0 Å². The number of nitriles is 1. The number of nitrogens with one attached hydrogen (secondary N) is 1. The van der Waals surface area contributed by atoms with Gasteiger partial charge in [-0.25, -0.2) is 5.10 Å². The van der Waals surface area contributed by atoms with Gasteiger partial charge >= 0.3 is 6.61 Å². The van der Waals surface area contributed by atoms with Crippen LogP contribution in [0.1, 0.15) is 29.3 Å². The van der Waals surface area contributed by atoms with Gasteiger partial charge in [-0.1, -0.05) is 12.1 Å². The van der Waals surface area contributed by atoms with Crippen molar-refractivity contribution in [3.8, 4) is 17.6 Å². The first-order valence-corrected chi connectivity index (χ1v) is 7.36. The molecule has 0 saturated carbocycles. The quantitative estimate of drug-likeness (QED) is 0.867. The Morgan fingerprint density at radius 3 is 2.80 bits per heavy atom. The number of halogens is 2. The minimum Gasteiger partial charge on any atom is -0.490 e. The Morgan fingerprint density at radius 1 is 1.40 bits per heavy atom. The van der Waals surface area contributed by atoms with Crippen LogP contribution in [0.3, 0.4) is 0 Å². The minimum atomic E-state index is -3.01. The molecule has 0 aliphatic carbocycles. The number of ether oxygens (including phenoxy) is 2. The zero-order valence-corrected chi connectivity index (χ0v) is 13.5. The molecule has 0 fully saturated rings. The highest BCUT2D eigenvalue weighted by atomic mass is 19.3. The third-order valence-electron chi connectivity index (χ3n) is 3.31. The van der Waals surface area contributed by atoms with Crippen molar-refractivity contribution >= 4 is 12.2 Å². The second-order valence-electron chi connectivity index (χ2n) is 4.87. The lowest BCUT2D eigenvalue weighted by molar-refractivity contribution is -0.0515. The SMILES string of the molecule is CCOc1cccc(/C=C/c2n[nH]c(=O)c(C#N)c2C)c1OC(F)F. The summed E-state index contributed by atoms with van der Waals surface area (Å²) in [5.41, 5.74) is 0.428. The van der Waals surface area contributed by atoms with Crippen LogP contribution in [-0.2, 0) is 0 Å². The summed E-state index contributed by atoms with van der Waals surface area (Å²) in [6.45, 7) is 0.588. The third-order valence-corrected chi connectivity index (χ3v) is 3.31. The summed E-state index contributed by atoms with van der Waals surface area (Å²) in [6, 6.07) is 6.54. The highest BCUT2D eigenvalue weighted by molar-refractivity contribution is 5.74. The molecule has 2 rings (SSSR count). The number of rotatable bonds is 6. The van der Waals surface area contributed by atoms with E-state index in [4.69, 9.17) is 10.00 Å². The molecule has 0 saturated heterocycles. The van der Waals surface area contributed by atoms with Crippen molar-refractivity contribution in [2.24, 2.45) is 0 Å². The maximum atomic E-state index is 12.7. The normalized spacial score (nSPS) is 10.9. The first-order chi connectivity index (χ1) is 12.0. The summed E-state index contributed by atoms with van der Waals surface area (Å²) in [6.07, 6.45) is 2.99. The third kappa shape index (κ3) is 4.20. The zero-order valence-electron chi connectivity index (χ0n) is 13.5. The minimum absolute atomic E-state index is 0.0539. The molecule has 0 amide bonds. The van der Waals surface area contributed by atoms with Crippen LogP contribution in [0.25, 0.3) is 12.2 Å². The van der Waals surface area contributed by atoms with E-state index in [1.165, 1.54) is 18.2 Å². The lowest BCUT2D eigenvalue weighted by atomic mass is 10.1. The largest absolute Gasteiger partial charge is 0.490 e. The van der Waals surface area contributed by atoms with Gasteiger partial charge in [0.25, 0.3) is 5.56 Å². The average molecular weight is 347 g/mol. The van der Waals surface area contributed by atoms with Crippen molar-refractivity contribution in [3.63, 3.8) is 0 Å². The predicted octanol–water partition coefficient (Wildman–Crippen LogP) is 3.12. The van der Waals surface area contributed by atoms with Gasteiger partial charge in [-0.05, 0) is 37.6 Å². The van der Waals surface area contributed by atoms with Crippen LogP contribution in [0.15, 0.2) is 23.0 Å². The molecule has 0 aliphatic heterocycles. The molecular weight excluding hydrogens is 332 g/mol. The van der Waals surface area contributed by atoms with E-state index >= 15 is 0 Å². The smallest absolute Gasteiger partial charge is 0.387 e. The van der Waals surface area contributed by atoms with Gasteiger partial charge in [0.15, 0.2) is 11.5 Å². The Labute approximate surface area is 142 Å². The zero-order chi connectivity index (χ0) is 18.4. The van der Waals surface area contributed by atoms with Crippen LogP contribution >= 0.6 is 0 Å². The van der Waals surface area contributed by atoms with E-state index in [0.29, 0.717) is 23.4 Å². The number of alkyl halides is 2. The lowest BCUT2D eigenvalue weighted by Gasteiger charge is -2.13. The number of aromatic nitrogens is 2. The Kier molecular flexibility index (Phi) is 5.84. The van der Waals surface area contributed by atoms with E-state index in [2.05, 4.69) is 14.9 Å². The highest BCUT2D eigenvalue weighted by Gasteiger charge is 2.14. The van der Waals surface area contributed by atoms with Gasteiger partial charge in [0.2, 0.25) is 0 Å². The van der Waals surface area contributed by atoms with Gasteiger partial charge in [0, 0.05) is 5.56 Å². The molecule has 1 aromatic carbocycles. The fraction of sp³-hybridized carbons (Fsp3) is 0.235. The van der Waals surface area contributed by atoms with Gasteiger partial charge in [0.05, 0.1) is 12.3 Å². The molecule has 0 bridgehead atoms. The van der Waals surface area contributed by atoms with Crippen LogP contribution in [-0.4, -0.2) is 23.4 Å². The van der Waals surface area contributed by atoms with Crippen molar-refractivity contribution in [2.75, 3.05) is 6.61 Å². The molecule has 0 spiro atoms. The standard InChI is InChI=1S/C17H15F2N3O3/c1-3-24-14-6-4-5-11(15(14)25-17(18)19)7-8-13-10(2)12(9-20)16(23)22-21-13/h4-8,17H,3H2,1-2H3,(H,22,23)/b8-7+. The van der Waals surface area contributed by atoms with Crippen LogP contribution in [0, 0.1) is 18.3 Å². The van der Waals surface area contributed by atoms with Crippen molar-refractivity contribution in [1.82, 2.24) is 10.2 Å². The molecule has 6 nitrogen and oxygen atoms in total. The highest BCUT2D eigenvalue weighted by Crippen LogP contribution is 2.34. The summed E-state index contributed by atoms with van der Waals surface area (Å²) in [7, 11) is 0. The Morgan fingerprint density at radius 2 is 2.16 bits per heavy atom. The van der Waals surface area contributed by atoms with Gasteiger partial charge in [0.1, 0.15) is 11.6 Å². The summed E-state index contributed by atoms with van der Waals surface area (Å²) in [5.74, 6) is 0.0898. The van der Waals surface area contributed by atoms with E-state index < -0.39 is 12.2 Å². The van der Waals surface area contributed by atoms with E-state index in [-0.39, 0.29) is 17.1 Å². The molecule has 0 unspecified atom stereocenters. The second-order valence-corrected chi connectivity index (χ2v) is 4.87. The van der Waals surface area contributed by atoms with Crippen molar-refractivity contribution in [2.45, 2.75) is 20.5 Å². The number of hydrogen-bond acceptors (Lipinski definition) is 5. The fourth-order valence-corrected chi connectivity index (χ4v) is 2.16. The van der Waals surface area contributed by atoms with Crippen molar-refractivity contribution in [3.05, 3.63) is 50.9 Å². The molecule has 0 radical (unpaired) electrons. The van der Waals surface area contributed by atoms with Crippen LogP contribution in [0.4, 0.5) is 8.78 Å². The van der Waals surface area contributed by atoms with Gasteiger partial charge < -0.3 is 9.47 Å². The molecule has 0 atom stereocenters. The van der Waals surface area contributed by atoms with E-state index in [1.54, 1.807) is 32.0 Å². The van der Waals surface area contributed by atoms with Crippen LogP contribution in [0.5, 0.6) is 11.5 Å². The number of H-pyrrole nitrogens is 1.